The van der Waals surface area contributed by atoms with E-state index >= 15 is 0 Å². The fourth-order valence-corrected chi connectivity index (χ4v) is 3.72. The molecule has 0 saturated carbocycles. The van der Waals surface area contributed by atoms with Gasteiger partial charge in [-0.15, -0.1) is 11.3 Å². The van der Waals surface area contributed by atoms with E-state index in [-0.39, 0.29) is 11.8 Å². The van der Waals surface area contributed by atoms with Gasteiger partial charge in [-0.25, -0.2) is 0 Å². The molecule has 2 heterocycles. The smallest absolute Gasteiger partial charge is 0.256 e. The Labute approximate surface area is 158 Å². The Morgan fingerprint density at radius 1 is 1.04 bits per heavy atom. The van der Waals surface area contributed by atoms with Crippen LogP contribution in [0.2, 0.25) is 0 Å². The molecule has 3 rings (SSSR count). The van der Waals surface area contributed by atoms with Crippen molar-refractivity contribution in [2.75, 3.05) is 38.5 Å². The number of anilines is 1. The molecule has 1 aliphatic rings. The van der Waals surface area contributed by atoms with Crippen LogP contribution < -0.4 is 5.32 Å². The second-order valence-electron chi connectivity index (χ2n) is 6.99. The van der Waals surface area contributed by atoms with Gasteiger partial charge >= 0.3 is 0 Å². The van der Waals surface area contributed by atoms with Crippen LogP contribution >= 0.6 is 11.3 Å². The van der Waals surface area contributed by atoms with Crippen LogP contribution in [0.25, 0.3) is 0 Å². The number of piperazine rings is 1. The second-order valence-corrected chi connectivity index (χ2v) is 7.91. The Bertz CT molecular complexity index is 775. The third-order valence-corrected chi connectivity index (χ3v) is 5.58. The highest BCUT2D eigenvalue weighted by Gasteiger charge is 2.24. The van der Waals surface area contributed by atoms with Crippen molar-refractivity contribution in [2.45, 2.75) is 19.8 Å². The van der Waals surface area contributed by atoms with Gasteiger partial charge in [-0.3, -0.25) is 9.59 Å². The zero-order valence-corrected chi connectivity index (χ0v) is 16.3. The van der Waals surface area contributed by atoms with Crippen molar-refractivity contribution in [1.29, 1.82) is 0 Å². The van der Waals surface area contributed by atoms with Crippen molar-refractivity contribution in [3.63, 3.8) is 0 Å². The summed E-state index contributed by atoms with van der Waals surface area (Å²) < 4.78 is 0. The number of carbonyl (C=O) groups excluding carboxylic acids is 2. The lowest BCUT2D eigenvalue weighted by Crippen LogP contribution is -2.47. The number of benzene rings is 1. The summed E-state index contributed by atoms with van der Waals surface area (Å²) in [6.07, 6.45) is 0. The van der Waals surface area contributed by atoms with Crippen LogP contribution in [0, 0.1) is 0 Å². The van der Waals surface area contributed by atoms with E-state index in [1.165, 1.54) is 16.9 Å². The maximum atomic E-state index is 12.8. The van der Waals surface area contributed by atoms with Gasteiger partial charge < -0.3 is 15.1 Å². The third-order valence-electron chi connectivity index (χ3n) is 4.75. The van der Waals surface area contributed by atoms with E-state index in [4.69, 9.17) is 0 Å². The van der Waals surface area contributed by atoms with Crippen LogP contribution in [0.5, 0.6) is 0 Å². The molecule has 1 N–H and O–H groups in total. The maximum absolute atomic E-state index is 12.8. The highest BCUT2D eigenvalue weighted by atomic mass is 32.1. The first-order chi connectivity index (χ1) is 12.5. The molecule has 0 bridgehead atoms. The largest absolute Gasteiger partial charge is 0.336 e. The molecule has 1 aliphatic heterocycles. The average Bonchev–Trinajstić information content (AvgIpc) is 3.10. The van der Waals surface area contributed by atoms with E-state index in [9.17, 15) is 9.59 Å². The molecule has 138 valence electrons. The lowest BCUT2D eigenvalue weighted by atomic mass is 10.0. The molecule has 26 heavy (non-hydrogen) atoms. The van der Waals surface area contributed by atoms with Gasteiger partial charge in [0.05, 0.1) is 5.56 Å². The number of thiophene rings is 1. The fourth-order valence-electron chi connectivity index (χ4n) is 2.95. The molecule has 1 aromatic carbocycles. The van der Waals surface area contributed by atoms with E-state index in [0.29, 0.717) is 22.0 Å². The number of nitrogens with one attached hydrogen (secondary N) is 1. The van der Waals surface area contributed by atoms with E-state index in [1.807, 2.05) is 34.5 Å². The molecule has 0 atom stereocenters. The summed E-state index contributed by atoms with van der Waals surface area (Å²) in [5.74, 6) is 0.234. The molecule has 6 heteroatoms. The molecule has 0 unspecified atom stereocenters. The van der Waals surface area contributed by atoms with Crippen molar-refractivity contribution in [3.8, 4) is 0 Å². The normalized spacial score (nSPS) is 15.3. The molecular weight excluding hydrogens is 346 g/mol. The number of hydrogen-bond acceptors (Lipinski definition) is 4. The first-order valence-corrected chi connectivity index (χ1v) is 9.80. The summed E-state index contributed by atoms with van der Waals surface area (Å²) in [6, 6.07) is 9.41. The minimum atomic E-state index is -0.185. The number of amides is 2. The highest BCUT2D eigenvalue weighted by molar-refractivity contribution is 7.14. The Hall–Kier alpha value is -2.18. The van der Waals surface area contributed by atoms with Gasteiger partial charge in [-0.1, -0.05) is 26.0 Å². The Morgan fingerprint density at radius 3 is 2.31 bits per heavy atom. The lowest BCUT2D eigenvalue weighted by molar-refractivity contribution is 0.0665. The van der Waals surface area contributed by atoms with Crippen LogP contribution in [0.15, 0.2) is 35.7 Å². The van der Waals surface area contributed by atoms with Gasteiger partial charge in [-0.2, -0.15) is 0 Å². The van der Waals surface area contributed by atoms with Crippen molar-refractivity contribution >= 4 is 28.2 Å². The second kappa shape index (κ2) is 8.01. The standard InChI is InChI=1S/C20H25N3O2S/c1-14(2)15-4-6-16(7-5-15)18(24)21-19-17(8-13-26-19)20(25)23-11-9-22(3)10-12-23/h4-8,13-14H,9-12H2,1-3H3,(H,21,24). The van der Waals surface area contributed by atoms with E-state index in [2.05, 4.69) is 31.1 Å². The molecule has 0 spiro atoms. The number of hydrogen-bond donors (Lipinski definition) is 1. The fraction of sp³-hybridized carbons (Fsp3) is 0.400. The van der Waals surface area contributed by atoms with Crippen molar-refractivity contribution in [1.82, 2.24) is 9.80 Å². The average molecular weight is 372 g/mol. The Balaban J connectivity index is 1.70. The maximum Gasteiger partial charge on any atom is 0.256 e. The van der Waals surface area contributed by atoms with Crippen LogP contribution in [-0.4, -0.2) is 54.8 Å². The summed E-state index contributed by atoms with van der Waals surface area (Å²) in [5, 5.41) is 5.37. The predicted octanol–water partition coefficient (Wildman–Crippen LogP) is 3.51. The monoisotopic (exact) mass is 371 g/mol. The topological polar surface area (TPSA) is 52.7 Å². The molecule has 0 radical (unpaired) electrons. The van der Waals surface area contributed by atoms with E-state index < -0.39 is 0 Å². The van der Waals surface area contributed by atoms with Crippen molar-refractivity contribution in [3.05, 3.63) is 52.4 Å². The van der Waals surface area contributed by atoms with Crippen LogP contribution in [0.1, 0.15) is 46.0 Å². The van der Waals surface area contributed by atoms with Crippen LogP contribution in [0.3, 0.4) is 0 Å². The summed E-state index contributed by atoms with van der Waals surface area (Å²) in [5.41, 5.74) is 2.37. The Kier molecular flexibility index (Phi) is 5.74. The molecule has 0 aliphatic carbocycles. The number of carbonyl (C=O) groups is 2. The highest BCUT2D eigenvalue weighted by Crippen LogP contribution is 2.26. The van der Waals surface area contributed by atoms with Gasteiger partial charge in [0.15, 0.2) is 0 Å². The van der Waals surface area contributed by atoms with Gasteiger partial charge in [0, 0.05) is 31.7 Å². The molecule has 2 amide bonds. The summed E-state index contributed by atoms with van der Waals surface area (Å²) in [7, 11) is 2.06. The molecule has 1 fully saturated rings. The van der Waals surface area contributed by atoms with Gasteiger partial charge in [0.25, 0.3) is 11.8 Å². The zero-order valence-electron chi connectivity index (χ0n) is 15.5. The first kappa shape index (κ1) is 18.6. The van der Waals surface area contributed by atoms with Gasteiger partial charge in [-0.05, 0) is 42.1 Å². The number of likely N-dealkylation sites (N-methyl/N-ethyl adjacent to an activating group) is 1. The molecule has 5 nitrogen and oxygen atoms in total. The molecular formula is C20H25N3O2S. The van der Waals surface area contributed by atoms with Gasteiger partial charge in [0.2, 0.25) is 0 Å². The summed E-state index contributed by atoms with van der Waals surface area (Å²) >= 11 is 1.38. The lowest BCUT2D eigenvalue weighted by Gasteiger charge is -2.32. The quantitative estimate of drug-likeness (QED) is 0.895. The summed E-state index contributed by atoms with van der Waals surface area (Å²) in [4.78, 5) is 29.4. The van der Waals surface area contributed by atoms with Crippen LogP contribution in [0.4, 0.5) is 5.00 Å². The molecule has 1 saturated heterocycles. The summed E-state index contributed by atoms with van der Waals surface area (Å²) in [6.45, 7) is 7.43. The Morgan fingerprint density at radius 2 is 1.69 bits per heavy atom. The molecule has 2 aromatic rings. The van der Waals surface area contributed by atoms with Gasteiger partial charge in [0.1, 0.15) is 5.00 Å². The van der Waals surface area contributed by atoms with E-state index in [1.54, 1.807) is 6.07 Å². The van der Waals surface area contributed by atoms with E-state index in [0.717, 1.165) is 26.2 Å². The third kappa shape index (κ3) is 4.14. The first-order valence-electron chi connectivity index (χ1n) is 8.92. The van der Waals surface area contributed by atoms with Crippen LogP contribution in [-0.2, 0) is 0 Å². The predicted molar refractivity (Wildman–Crippen MR) is 106 cm³/mol. The van der Waals surface area contributed by atoms with Crippen molar-refractivity contribution in [2.24, 2.45) is 0 Å². The van der Waals surface area contributed by atoms with Crippen molar-refractivity contribution < 1.29 is 9.59 Å². The number of rotatable bonds is 4. The minimum absolute atomic E-state index is 0.00944. The zero-order chi connectivity index (χ0) is 18.7. The number of nitrogens with zero attached hydrogens (tertiary/aromatic N) is 2. The minimum Gasteiger partial charge on any atom is -0.336 e. The molecule has 1 aromatic heterocycles. The SMILES string of the molecule is CC(C)c1ccc(C(=O)Nc2sccc2C(=O)N2CCN(C)CC2)cc1.